The van der Waals surface area contributed by atoms with E-state index in [0.29, 0.717) is 21.7 Å². The van der Waals surface area contributed by atoms with Gasteiger partial charge in [0.2, 0.25) is 0 Å². The maximum absolute atomic E-state index is 13.2. The summed E-state index contributed by atoms with van der Waals surface area (Å²) in [5, 5.41) is 4.94. The van der Waals surface area contributed by atoms with Crippen molar-refractivity contribution in [1.29, 1.82) is 0 Å². The Morgan fingerprint density at radius 3 is 2.65 bits per heavy atom. The normalized spacial score (nSPS) is 11.3. The van der Waals surface area contributed by atoms with E-state index < -0.39 is 0 Å². The molecule has 0 bridgehead atoms. The number of fused-ring (bicyclic) bond motifs is 1. The zero-order valence-electron chi connectivity index (χ0n) is 15.8. The Bertz CT molecular complexity index is 1330. The Morgan fingerprint density at radius 2 is 1.90 bits per heavy atom. The topological polar surface area (TPSA) is 76.3 Å². The van der Waals surface area contributed by atoms with Crippen LogP contribution < -0.4 is 11.0 Å². The van der Waals surface area contributed by atoms with Crippen LogP contribution in [0.25, 0.3) is 16.6 Å². The van der Waals surface area contributed by atoms with Gasteiger partial charge in [0.1, 0.15) is 0 Å². The molecule has 1 N–H and O–H groups in total. The molecule has 4 rings (SSSR count). The number of amides is 1. The molecular formula is C21H14Br2N4O2S2. The van der Waals surface area contributed by atoms with Gasteiger partial charge in [0.25, 0.3) is 11.5 Å². The molecule has 1 amide bonds. The lowest BCUT2D eigenvalue weighted by Gasteiger charge is -2.13. The highest BCUT2D eigenvalue weighted by Crippen LogP contribution is 2.23. The van der Waals surface area contributed by atoms with Crippen LogP contribution in [-0.2, 0) is 4.79 Å². The van der Waals surface area contributed by atoms with Crippen molar-refractivity contribution in [2.45, 2.75) is 5.16 Å². The second-order valence-corrected chi connectivity index (χ2v) is 10.6. The van der Waals surface area contributed by atoms with Crippen LogP contribution in [0, 0.1) is 0 Å². The van der Waals surface area contributed by atoms with E-state index in [1.54, 1.807) is 18.3 Å². The van der Waals surface area contributed by atoms with Gasteiger partial charge in [-0.05, 0) is 64.5 Å². The standard InChI is InChI=1S/C21H14Br2N4O2S2/c22-13-5-7-14(8-6-13)27-20(29)16-3-1-2-4-17(16)25-21(27)30-12-19(28)26-24-11-15-9-10-18(23)31-15/h1-11H,12H2,(H,26,28)/b24-11+. The molecule has 31 heavy (non-hydrogen) atoms. The quantitative estimate of drug-likeness (QED) is 0.148. The lowest BCUT2D eigenvalue weighted by Crippen LogP contribution is -2.24. The summed E-state index contributed by atoms with van der Waals surface area (Å²) >= 11 is 9.49. The highest BCUT2D eigenvalue weighted by molar-refractivity contribution is 9.11. The Hall–Kier alpha value is -2.27. The number of thioether (sulfide) groups is 1. The van der Waals surface area contributed by atoms with E-state index >= 15 is 0 Å². The number of halogens is 2. The summed E-state index contributed by atoms with van der Waals surface area (Å²) in [6, 6.07) is 18.4. The van der Waals surface area contributed by atoms with Gasteiger partial charge < -0.3 is 0 Å². The Morgan fingerprint density at radius 1 is 1.13 bits per heavy atom. The lowest BCUT2D eigenvalue weighted by atomic mass is 10.2. The molecule has 0 atom stereocenters. The number of hydrogen-bond acceptors (Lipinski definition) is 6. The second kappa shape index (κ2) is 9.90. The van der Waals surface area contributed by atoms with Crippen LogP contribution in [-0.4, -0.2) is 27.4 Å². The Kier molecular flexibility index (Phi) is 7.01. The van der Waals surface area contributed by atoms with Gasteiger partial charge in [-0.25, -0.2) is 10.4 Å². The molecule has 0 fully saturated rings. The first-order chi connectivity index (χ1) is 15.0. The monoisotopic (exact) mass is 576 g/mol. The van der Waals surface area contributed by atoms with Crippen molar-refractivity contribution in [3.05, 3.63) is 84.2 Å². The number of rotatable bonds is 6. The predicted octanol–water partition coefficient (Wildman–Crippen LogP) is 5.21. The maximum atomic E-state index is 13.2. The molecule has 0 aliphatic rings. The summed E-state index contributed by atoms with van der Waals surface area (Å²) in [6.07, 6.45) is 1.59. The summed E-state index contributed by atoms with van der Waals surface area (Å²) in [5.41, 5.74) is 3.59. The molecule has 10 heteroatoms. The fraction of sp³-hybridized carbons (Fsp3) is 0.0476. The minimum absolute atomic E-state index is 0.0623. The van der Waals surface area contributed by atoms with Crippen LogP contribution in [0.15, 0.2) is 84.0 Å². The highest BCUT2D eigenvalue weighted by atomic mass is 79.9. The van der Waals surface area contributed by atoms with Crippen LogP contribution in [0.5, 0.6) is 0 Å². The first-order valence-corrected chi connectivity index (χ1v) is 12.4. The van der Waals surface area contributed by atoms with E-state index in [1.807, 2.05) is 48.5 Å². The summed E-state index contributed by atoms with van der Waals surface area (Å²) < 4.78 is 3.42. The fourth-order valence-electron chi connectivity index (χ4n) is 2.75. The number of aromatic nitrogens is 2. The third-order valence-electron chi connectivity index (χ3n) is 4.14. The minimum Gasteiger partial charge on any atom is -0.272 e. The van der Waals surface area contributed by atoms with E-state index in [1.165, 1.54) is 27.7 Å². The third-order valence-corrected chi connectivity index (χ3v) is 7.16. The molecule has 4 aromatic rings. The van der Waals surface area contributed by atoms with Gasteiger partial charge in [0.05, 0.1) is 32.3 Å². The van der Waals surface area contributed by atoms with Crippen LogP contribution in [0.3, 0.4) is 0 Å². The van der Waals surface area contributed by atoms with Crippen molar-refractivity contribution in [2.75, 3.05) is 5.75 Å². The van der Waals surface area contributed by atoms with E-state index in [0.717, 1.165) is 13.1 Å². The molecule has 6 nitrogen and oxygen atoms in total. The summed E-state index contributed by atoms with van der Waals surface area (Å²) in [4.78, 5) is 31.0. The fourth-order valence-corrected chi connectivity index (χ4v) is 5.12. The Labute approximate surface area is 202 Å². The molecule has 0 saturated carbocycles. The number of thiophene rings is 1. The second-order valence-electron chi connectivity index (χ2n) is 6.25. The third kappa shape index (κ3) is 5.32. The van der Waals surface area contributed by atoms with Crippen molar-refractivity contribution in [3.8, 4) is 5.69 Å². The highest BCUT2D eigenvalue weighted by Gasteiger charge is 2.14. The molecule has 0 aliphatic carbocycles. The molecule has 2 aromatic heterocycles. The summed E-state index contributed by atoms with van der Waals surface area (Å²) in [5.74, 6) is -0.228. The van der Waals surface area contributed by atoms with Crippen LogP contribution in [0.4, 0.5) is 0 Å². The first-order valence-electron chi connectivity index (χ1n) is 8.99. The van der Waals surface area contributed by atoms with Gasteiger partial charge in [-0.15, -0.1) is 11.3 Å². The molecule has 0 radical (unpaired) electrons. The molecule has 0 spiro atoms. The number of carbonyl (C=O) groups is 1. The van der Waals surface area contributed by atoms with Gasteiger partial charge >= 0.3 is 0 Å². The van der Waals surface area contributed by atoms with Gasteiger partial charge in [-0.1, -0.05) is 39.8 Å². The van der Waals surface area contributed by atoms with Gasteiger partial charge in [-0.3, -0.25) is 14.2 Å². The summed E-state index contributed by atoms with van der Waals surface area (Å²) in [6.45, 7) is 0. The van der Waals surface area contributed by atoms with Crippen molar-refractivity contribution in [1.82, 2.24) is 15.0 Å². The maximum Gasteiger partial charge on any atom is 0.266 e. The van der Waals surface area contributed by atoms with Crippen molar-refractivity contribution in [3.63, 3.8) is 0 Å². The van der Waals surface area contributed by atoms with Crippen LogP contribution in [0.1, 0.15) is 4.88 Å². The number of para-hydroxylation sites is 1. The summed E-state index contributed by atoms with van der Waals surface area (Å²) in [7, 11) is 0. The number of hydrazone groups is 1. The largest absolute Gasteiger partial charge is 0.272 e. The Balaban J connectivity index is 1.58. The molecule has 156 valence electrons. The molecule has 0 saturated heterocycles. The van der Waals surface area contributed by atoms with E-state index in [2.05, 4.69) is 47.4 Å². The van der Waals surface area contributed by atoms with E-state index in [-0.39, 0.29) is 17.2 Å². The van der Waals surface area contributed by atoms with Crippen molar-refractivity contribution < 1.29 is 4.79 Å². The lowest BCUT2D eigenvalue weighted by molar-refractivity contribution is -0.118. The van der Waals surface area contributed by atoms with Crippen LogP contribution >= 0.6 is 55.0 Å². The molecule has 2 heterocycles. The minimum atomic E-state index is -0.290. The molecule has 0 unspecified atom stereocenters. The van der Waals surface area contributed by atoms with Gasteiger partial charge in [-0.2, -0.15) is 5.10 Å². The number of hydrogen-bond donors (Lipinski definition) is 1. The SMILES string of the molecule is O=C(CSc1nc2ccccc2c(=O)n1-c1ccc(Br)cc1)N/N=C/c1ccc(Br)s1. The molecule has 0 aliphatic heterocycles. The van der Waals surface area contributed by atoms with Crippen LogP contribution in [0.2, 0.25) is 0 Å². The zero-order chi connectivity index (χ0) is 21.8. The predicted molar refractivity (Wildman–Crippen MR) is 134 cm³/mol. The first kappa shape index (κ1) is 21.9. The van der Waals surface area contributed by atoms with E-state index in [9.17, 15) is 9.59 Å². The number of benzene rings is 2. The number of carbonyl (C=O) groups excluding carboxylic acids is 1. The average molecular weight is 578 g/mol. The van der Waals surface area contributed by atoms with E-state index in [4.69, 9.17) is 0 Å². The smallest absolute Gasteiger partial charge is 0.266 e. The van der Waals surface area contributed by atoms with Crippen molar-refractivity contribution >= 4 is 78.0 Å². The number of nitrogens with one attached hydrogen (secondary N) is 1. The van der Waals surface area contributed by atoms with Gasteiger partial charge in [0.15, 0.2) is 5.16 Å². The molecule has 2 aromatic carbocycles. The zero-order valence-corrected chi connectivity index (χ0v) is 20.6. The number of nitrogens with zero attached hydrogens (tertiary/aromatic N) is 3. The average Bonchev–Trinajstić information content (AvgIpc) is 3.18. The molecular weight excluding hydrogens is 564 g/mol. The van der Waals surface area contributed by atoms with Gasteiger partial charge in [0, 0.05) is 9.35 Å². The van der Waals surface area contributed by atoms with Crippen molar-refractivity contribution in [2.24, 2.45) is 5.10 Å².